The van der Waals surface area contributed by atoms with Crippen LogP contribution in [0.1, 0.15) is 0 Å². The van der Waals surface area contributed by atoms with Crippen molar-refractivity contribution in [2.45, 2.75) is 0 Å². The van der Waals surface area contributed by atoms with Crippen LogP contribution < -0.4 is 63.8 Å². The maximum Gasteiger partial charge on any atom is 1.00 e. The Bertz CT molecular complexity index is 6.92. The largest absolute Gasteiger partial charge is 1.00 e. The average molecular weight is 1640 g/mol. The van der Waals surface area contributed by atoms with Crippen LogP contribution in [0, 0.1) is 0 Å². The zero-order chi connectivity index (χ0) is 0. The molecule has 0 amide bonds. The predicted molar refractivity (Wildman–Crippen MR) is 312 cm³/mol. The fourth-order valence-electron chi connectivity index (χ4n) is 0. The number of hydrogen-bond acceptors (Lipinski definition) is 0. The first-order chi connectivity index (χ1) is 0. The van der Waals surface area contributed by atoms with E-state index in [0.717, 1.165) is 0 Å². The van der Waals surface area contributed by atoms with Crippen molar-refractivity contribution >= 4 is 534 Å². The first kappa shape index (κ1) is 977. The topological polar surface area (TPSA) is 0 Å². The molecule has 0 aromatic heterocycles. The number of halogens is 44. The Labute approximate surface area is 585 Å². The summed E-state index contributed by atoms with van der Waals surface area (Å²) in [5.74, 6) is 0. The van der Waals surface area contributed by atoms with Gasteiger partial charge in [-0.05, 0) is 0 Å². The monoisotopic (exact) mass is 1620 g/mol. The molecular weight excluding hydrogens is 1600 g/mol. The Morgan fingerprint density at radius 1 is 0.0667 bits per heavy atom. The van der Waals surface area contributed by atoms with Crippen LogP contribution >= 0.6 is 534 Å². The second kappa shape index (κ2) is 928. The van der Waals surface area contributed by atoms with Crippen LogP contribution in [-0.2, 0) is 0 Å². The van der Waals surface area contributed by atoms with Gasteiger partial charge < -0.3 is 12.4 Å². The first-order valence-corrected chi connectivity index (χ1v) is 0. The van der Waals surface area contributed by atoms with Crippen LogP contribution in [0.2, 0.25) is 0 Å². The molecule has 0 heterocycles. The molecule has 352 valence electrons. The van der Waals surface area contributed by atoms with Gasteiger partial charge in [0.15, 0.2) is 0 Å². The molecule has 0 atom stereocenters. The summed E-state index contributed by atoms with van der Waals surface area (Å²) in [6.45, 7) is 0. The van der Waals surface area contributed by atoms with E-state index >= 15 is 0 Å². The minimum absolute atomic E-state index is 0. The van der Waals surface area contributed by atoms with Crippen molar-refractivity contribution in [3.05, 3.63) is 0 Å². The Hall–Kier alpha value is 14.4. The van der Waals surface area contributed by atoms with Crippen molar-refractivity contribution in [1.29, 1.82) is 0 Å². The van der Waals surface area contributed by atoms with Gasteiger partial charge in [0.2, 0.25) is 0 Å². The minimum atomic E-state index is 0. The Morgan fingerprint density at radius 2 is 0.0667 bits per heavy atom. The van der Waals surface area contributed by atoms with Gasteiger partial charge in [-0.2, -0.15) is 0 Å². The zero-order valence-electron chi connectivity index (χ0n) is 18.9. The van der Waals surface area contributed by atoms with Crippen molar-refractivity contribution < 1.29 is 63.8 Å². The molecule has 0 spiro atoms. The van der Waals surface area contributed by atoms with Gasteiger partial charge in [0.1, 0.15) is 0 Å². The second-order valence-electron chi connectivity index (χ2n) is 0. The molecular formula is H43Cl44K. The van der Waals surface area contributed by atoms with Crippen LogP contribution in [0.25, 0.3) is 0 Å². The molecule has 0 aliphatic rings. The van der Waals surface area contributed by atoms with E-state index in [4.69, 9.17) is 0 Å². The number of rotatable bonds is 0. The fraction of sp³-hybridized carbons (Fsp3) is 0. The molecule has 45 heteroatoms. The summed E-state index contributed by atoms with van der Waals surface area (Å²) in [5.41, 5.74) is 0. The standard InChI is InChI=1S/44ClH.K/h44*1H;/q;;;;;;;;;;;;;;;;;;;;;;;;;;;;;;;;;;;;;;;;;;;;+1/p-1. The smallest absolute Gasteiger partial charge is 1.00 e. The molecule has 0 N–H and O–H groups in total. The molecule has 0 nitrogen and oxygen atoms in total. The van der Waals surface area contributed by atoms with Crippen LogP contribution in [0.4, 0.5) is 0 Å². The molecule has 45 heavy (non-hydrogen) atoms. The Kier molecular flexibility index (Phi) is 20200. The van der Waals surface area contributed by atoms with Gasteiger partial charge in [0, 0.05) is 0 Å². The van der Waals surface area contributed by atoms with Crippen molar-refractivity contribution in [3.8, 4) is 0 Å². The van der Waals surface area contributed by atoms with E-state index < -0.39 is 0 Å². The molecule has 0 bridgehead atoms. The van der Waals surface area contributed by atoms with Crippen molar-refractivity contribution in [3.63, 3.8) is 0 Å². The van der Waals surface area contributed by atoms with Crippen molar-refractivity contribution in [2.24, 2.45) is 0 Å². The molecule has 0 aliphatic carbocycles. The predicted octanol–water partition coefficient (Wildman–Crippen LogP) is 12.1. The van der Waals surface area contributed by atoms with Gasteiger partial charge in [0.25, 0.3) is 0 Å². The van der Waals surface area contributed by atoms with Gasteiger partial charge in [-0.15, -0.1) is 534 Å². The summed E-state index contributed by atoms with van der Waals surface area (Å²) in [5, 5.41) is 0. The van der Waals surface area contributed by atoms with Gasteiger partial charge in [0.05, 0.1) is 0 Å². The van der Waals surface area contributed by atoms with Gasteiger partial charge >= 0.3 is 51.4 Å². The summed E-state index contributed by atoms with van der Waals surface area (Å²) in [6.07, 6.45) is 0. The molecule has 0 aromatic carbocycles. The normalized spacial score (nSPS) is 0. The van der Waals surface area contributed by atoms with Gasteiger partial charge in [-0.25, -0.2) is 0 Å². The maximum atomic E-state index is 0. The van der Waals surface area contributed by atoms with Crippen molar-refractivity contribution in [1.82, 2.24) is 0 Å². The quantitative estimate of drug-likeness (QED) is 0.212. The molecule has 0 radical (unpaired) electrons. The summed E-state index contributed by atoms with van der Waals surface area (Å²) >= 11 is 0. The zero-order valence-corrected chi connectivity index (χ0v) is 57.9. The maximum absolute atomic E-state index is 0. The molecule has 0 fully saturated rings. The van der Waals surface area contributed by atoms with E-state index in [2.05, 4.69) is 0 Å². The molecule has 0 aliphatic heterocycles. The van der Waals surface area contributed by atoms with Crippen LogP contribution in [0.15, 0.2) is 0 Å². The van der Waals surface area contributed by atoms with E-state index in [0.29, 0.717) is 0 Å². The molecule has 0 aromatic rings. The molecule has 0 unspecified atom stereocenters. The van der Waals surface area contributed by atoms with Crippen LogP contribution in [-0.4, -0.2) is 0 Å². The third kappa shape index (κ3) is 896. The molecule has 0 saturated carbocycles. The van der Waals surface area contributed by atoms with E-state index in [1.165, 1.54) is 0 Å². The third-order valence-electron chi connectivity index (χ3n) is 0. The summed E-state index contributed by atoms with van der Waals surface area (Å²) in [4.78, 5) is 0. The third-order valence-corrected chi connectivity index (χ3v) is 0. The van der Waals surface area contributed by atoms with E-state index in [-0.39, 0.29) is 597 Å². The fourth-order valence-corrected chi connectivity index (χ4v) is 0. The Morgan fingerprint density at radius 3 is 0.0667 bits per heavy atom. The van der Waals surface area contributed by atoms with Crippen LogP contribution in [0.3, 0.4) is 0 Å². The van der Waals surface area contributed by atoms with Gasteiger partial charge in [-0.3, -0.25) is 0 Å². The molecule has 0 saturated heterocycles. The second-order valence-corrected chi connectivity index (χ2v) is 0. The summed E-state index contributed by atoms with van der Waals surface area (Å²) < 4.78 is 0. The Balaban J connectivity index is 0. The van der Waals surface area contributed by atoms with Crippen molar-refractivity contribution in [2.75, 3.05) is 0 Å². The van der Waals surface area contributed by atoms with E-state index in [1.807, 2.05) is 0 Å². The minimum Gasteiger partial charge on any atom is -1.00 e. The van der Waals surface area contributed by atoms with E-state index in [9.17, 15) is 0 Å². The average Bonchev–Trinajstić information content (AvgIpc) is 0. The summed E-state index contributed by atoms with van der Waals surface area (Å²) in [7, 11) is 0. The SMILES string of the molecule is Cl.Cl.Cl.Cl.Cl.Cl.Cl.Cl.Cl.Cl.Cl.Cl.Cl.Cl.Cl.Cl.Cl.Cl.Cl.Cl.Cl.Cl.Cl.Cl.Cl.Cl.Cl.Cl.Cl.Cl.Cl.Cl.Cl.Cl.Cl.Cl.Cl.Cl.Cl.Cl.Cl.Cl.Cl.[Cl-].[K+]. The van der Waals surface area contributed by atoms with Crippen LogP contribution in [0.5, 0.6) is 0 Å². The summed E-state index contributed by atoms with van der Waals surface area (Å²) in [6, 6.07) is 0. The van der Waals surface area contributed by atoms with Gasteiger partial charge in [-0.1, -0.05) is 0 Å². The first-order valence-electron chi connectivity index (χ1n) is 0. The van der Waals surface area contributed by atoms with E-state index in [1.54, 1.807) is 0 Å². The number of hydrogen-bond donors (Lipinski definition) is 0. The molecule has 0 rings (SSSR count).